The maximum Gasteiger partial charge on any atom is 0.264 e. The molecule has 0 saturated heterocycles. The number of aromatic nitrogens is 1. The molecule has 2 rings (SSSR count). The summed E-state index contributed by atoms with van der Waals surface area (Å²) in [5.41, 5.74) is 1.54. The smallest absolute Gasteiger partial charge is 0.264 e. The first-order chi connectivity index (χ1) is 9.95. The van der Waals surface area contributed by atoms with Gasteiger partial charge in [-0.15, -0.1) is 0 Å². The Hall–Kier alpha value is -1.59. The predicted octanol–water partition coefficient (Wildman–Crippen LogP) is 4.05. The number of anilines is 1. The lowest BCUT2D eigenvalue weighted by Gasteiger charge is -2.16. The molecule has 1 atom stereocenters. The molecule has 0 saturated carbocycles. The molecule has 2 aromatic rings. The van der Waals surface area contributed by atoms with Crippen LogP contribution in [0, 0.1) is 0 Å². The number of halogens is 1. The van der Waals surface area contributed by atoms with Gasteiger partial charge in [0.25, 0.3) is 10.0 Å². The topological polar surface area (TPSA) is 59.1 Å². The molecule has 112 valence electrons. The SMILES string of the molecule is CCC(C)c1ccccc1NS(=O)(=O)c1cnccc1Cl. The highest BCUT2D eigenvalue weighted by molar-refractivity contribution is 7.92. The summed E-state index contributed by atoms with van der Waals surface area (Å²) >= 11 is 5.95. The molecular weight excluding hydrogens is 308 g/mol. The minimum atomic E-state index is -3.75. The van der Waals surface area contributed by atoms with E-state index in [-0.39, 0.29) is 15.8 Å². The van der Waals surface area contributed by atoms with Gasteiger partial charge in [-0.25, -0.2) is 8.42 Å². The minimum Gasteiger partial charge on any atom is -0.279 e. The zero-order valence-corrected chi connectivity index (χ0v) is 13.4. The van der Waals surface area contributed by atoms with E-state index < -0.39 is 10.0 Å². The molecule has 0 radical (unpaired) electrons. The van der Waals surface area contributed by atoms with Gasteiger partial charge in [-0.2, -0.15) is 0 Å². The summed E-state index contributed by atoms with van der Waals surface area (Å²) in [6, 6.07) is 8.84. The molecule has 0 aliphatic rings. The maximum absolute atomic E-state index is 12.5. The Labute approximate surface area is 130 Å². The highest BCUT2D eigenvalue weighted by Gasteiger charge is 2.20. The summed E-state index contributed by atoms with van der Waals surface area (Å²) in [6.07, 6.45) is 3.62. The Kier molecular flexibility index (Phi) is 4.85. The lowest BCUT2D eigenvalue weighted by molar-refractivity contribution is 0.600. The predicted molar refractivity (Wildman–Crippen MR) is 85.2 cm³/mol. The first kappa shape index (κ1) is 15.8. The van der Waals surface area contributed by atoms with Gasteiger partial charge in [-0.1, -0.05) is 43.6 Å². The number of para-hydroxylation sites is 1. The molecular formula is C15H17ClN2O2S. The van der Waals surface area contributed by atoms with Crippen molar-refractivity contribution in [2.75, 3.05) is 4.72 Å². The van der Waals surface area contributed by atoms with E-state index in [1.54, 1.807) is 12.1 Å². The highest BCUT2D eigenvalue weighted by atomic mass is 35.5. The third kappa shape index (κ3) is 3.54. The molecule has 1 aromatic carbocycles. The Morgan fingerprint density at radius 2 is 2.00 bits per heavy atom. The van der Waals surface area contributed by atoms with Crippen LogP contribution in [0.4, 0.5) is 5.69 Å². The highest BCUT2D eigenvalue weighted by Crippen LogP contribution is 2.29. The van der Waals surface area contributed by atoms with Crippen LogP contribution in [0.3, 0.4) is 0 Å². The molecule has 0 bridgehead atoms. The van der Waals surface area contributed by atoms with Crippen molar-refractivity contribution in [1.82, 2.24) is 4.98 Å². The van der Waals surface area contributed by atoms with E-state index in [1.165, 1.54) is 18.5 Å². The van der Waals surface area contributed by atoms with Gasteiger partial charge >= 0.3 is 0 Å². The molecule has 0 fully saturated rings. The third-order valence-corrected chi connectivity index (χ3v) is 5.21. The lowest BCUT2D eigenvalue weighted by Crippen LogP contribution is -2.15. The van der Waals surface area contributed by atoms with E-state index in [9.17, 15) is 8.42 Å². The summed E-state index contributed by atoms with van der Waals surface area (Å²) in [7, 11) is -3.75. The average Bonchev–Trinajstić information content (AvgIpc) is 2.47. The fraction of sp³-hybridized carbons (Fsp3) is 0.267. The van der Waals surface area contributed by atoms with Crippen LogP contribution in [0.25, 0.3) is 0 Å². The Morgan fingerprint density at radius 1 is 1.29 bits per heavy atom. The van der Waals surface area contributed by atoms with E-state index in [4.69, 9.17) is 11.6 Å². The number of nitrogens with one attached hydrogen (secondary N) is 1. The summed E-state index contributed by atoms with van der Waals surface area (Å²) in [5, 5.41) is 0.151. The summed E-state index contributed by atoms with van der Waals surface area (Å²) in [4.78, 5) is 3.80. The molecule has 1 heterocycles. The molecule has 0 aliphatic carbocycles. The molecule has 6 heteroatoms. The van der Waals surface area contributed by atoms with Gasteiger partial charge in [0.15, 0.2) is 0 Å². The minimum absolute atomic E-state index is 0.0226. The van der Waals surface area contributed by atoms with Crippen molar-refractivity contribution in [3.8, 4) is 0 Å². The van der Waals surface area contributed by atoms with Crippen molar-refractivity contribution < 1.29 is 8.42 Å². The number of hydrogen-bond donors (Lipinski definition) is 1. The van der Waals surface area contributed by atoms with E-state index in [0.29, 0.717) is 5.69 Å². The van der Waals surface area contributed by atoms with Crippen LogP contribution in [0.2, 0.25) is 5.02 Å². The van der Waals surface area contributed by atoms with Crippen LogP contribution in [0.1, 0.15) is 31.7 Å². The first-order valence-corrected chi connectivity index (χ1v) is 8.53. The number of rotatable bonds is 5. The zero-order chi connectivity index (χ0) is 15.5. The lowest BCUT2D eigenvalue weighted by atomic mass is 9.97. The van der Waals surface area contributed by atoms with Gasteiger partial charge in [0.2, 0.25) is 0 Å². The van der Waals surface area contributed by atoms with Crippen LogP contribution in [-0.2, 0) is 10.0 Å². The standard InChI is InChI=1S/C15H17ClN2O2S/c1-3-11(2)12-6-4-5-7-14(12)18-21(19,20)15-10-17-9-8-13(15)16/h4-11,18H,3H2,1-2H3. The quantitative estimate of drug-likeness (QED) is 0.902. The zero-order valence-electron chi connectivity index (χ0n) is 11.9. The number of pyridine rings is 1. The largest absolute Gasteiger partial charge is 0.279 e. The van der Waals surface area contributed by atoms with Crippen LogP contribution in [-0.4, -0.2) is 13.4 Å². The molecule has 0 spiro atoms. The molecule has 0 amide bonds. The maximum atomic E-state index is 12.5. The molecule has 1 aromatic heterocycles. The Morgan fingerprint density at radius 3 is 2.67 bits per heavy atom. The number of hydrogen-bond acceptors (Lipinski definition) is 3. The second-order valence-corrected chi connectivity index (χ2v) is 6.87. The third-order valence-electron chi connectivity index (χ3n) is 3.37. The van der Waals surface area contributed by atoms with Crippen molar-refractivity contribution in [3.63, 3.8) is 0 Å². The van der Waals surface area contributed by atoms with Gasteiger partial charge < -0.3 is 0 Å². The monoisotopic (exact) mass is 324 g/mol. The van der Waals surface area contributed by atoms with Gasteiger partial charge in [0, 0.05) is 12.4 Å². The van der Waals surface area contributed by atoms with E-state index >= 15 is 0 Å². The van der Waals surface area contributed by atoms with Crippen molar-refractivity contribution >= 4 is 27.3 Å². The Bertz CT molecular complexity index is 732. The molecule has 0 aliphatic heterocycles. The fourth-order valence-corrected chi connectivity index (χ4v) is 3.52. The van der Waals surface area contributed by atoms with Gasteiger partial charge in [-0.05, 0) is 30.0 Å². The average molecular weight is 325 g/mol. The second-order valence-electron chi connectivity index (χ2n) is 4.81. The van der Waals surface area contributed by atoms with Gasteiger partial charge in [0.1, 0.15) is 4.90 Å². The van der Waals surface area contributed by atoms with E-state index in [2.05, 4.69) is 23.6 Å². The molecule has 4 nitrogen and oxygen atoms in total. The van der Waals surface area contributed by atoms with Crippen LogP contribution >= 0.6 is 11.6 Å². The summed E-state index contributed by atoms with van der Waals surface area (Å²) < 4.78 is 27.5. The first-order valence-electron chi connectivity index (χ1n) is 6.67. The molecule has 21 heavy (non-hydrogen) atoms. The van der Waals surface area contributed by atoms with Gasteiger partial charge in [0.05, 0.1) is 10.7 Å². The second kappa shape index (κ2) is 6.45. The van der Waals surface area contributed by atoms with E-state index in [0.717, 1.165) is 12.0 Å². The number of nitrogens with zero attached hydrogens (tertiary/aromatic N) is 1. The van der Waals surface area contributed by atoms with Crippen LogP contribution < -0.4 is 4.72 Å². The summed E-state index contributed by atoms with van der Waals surface area (Å²) in [6.45, 7) is 4.12. The van der Waals surface area contributed by atoms with Crippen molar-refractivity contribution in [2.45, 2.75) is 31.1 Å². The van der Waals surface area contributed by atoms with E-state index in [1.807, 2.05) is 12.1 Å². The van der Waals surface area contributed by atoms with Crippen LogP contribution in [0.15, 0.2) is 47.6 Å². The molecule has 1 N–H and O–H groups in total. The van der Waals surface area contributed by atoms with Crippen LogP contribution in [0.5, 0.6) is 0 Å². The molecule has 1 unspecified atom stereocenters. The number of sulfonamides is 1. The summed E-state index contributed by atoms with van der Waals surface area (Å²) in [5.74, 6) is 0.258. The van der Waals surface area contributed by atoms with Gasteiger partial charge in [-0.3, -0.25) is 9.71 Å². The Balaban J connectivity index is 2.41. The fourth-order valence-electron chi connectivity index (χ4n) is 2.00. The normalized spacial score (nSPS) is 12.9. The number of benzene rings is 1. The van der Waals surface area contributed by atoms with Crippen molar-refractivity contribution in [1.29, 1.82) is 0 Å². The van der Waals surface area contributed by atoms with Crippen molar-refractivity contribution in [2.24, 2.45) is 0 Å². The van der Waals surface area contributed by atoms with Crippen molar-refractivity contribution in [3.05, 3.63) is 53.3 Å².